The Morgan fingerprint density at radius 2 is 1.52 bits per heavy atom. The molecule has 6 aromatic rings. The number of carboxylic acid groups (broad SMARTS) is 1. The summed E-state index contributed by atoms with van der Waals surface area (Å²) >= 11 is 9.05. The Kier molecular flexibility index (Phi) is 12.9. The van der Waals surface area contributed by atoms with Crippen molar-refractivity contribution in [3.63, 3.8) is 0 Å². The first-order valence-electron chi connectivity index (χ1n) is 18.9. The van der Waals surface area contributed by atoms with Gasteiger partial charge in [0, 0.05) is 88.5 Å². The van der Waals surface area contributed by atoms with Gasteiger partial charge in [0.25, 0.3) is 5.69 Å². The van der Waals surface area contributed by atoms with Gasteiger partial charge >= 0.3 is 12.1 Å². The molecule has 0 unspecified atom stereocenters. The molecule has 1 aliphatic heterocycles. The van der Waals surface area contributed by atoms with Gasteiger partial charge in [0.15, 0.2) is 0 Å². The average Bonchev–Trinajstić information content (AvgIpc) is 3.57. The van der Waals surface area contributed by atoms with Crippen LogP contribution in [0.15, 0.2) is 131 Å². The first-order valence-corrected chi connectivity index (χ1v) is 21.1. The number of nitrogens with zero attached hydrogens (tertiary/aromatic N) is 4. The SMILES string of the molecule is C[C@H](CSc1ccccc1)Nc1ccc(SNc2ccc(N3CCN(c4cccc(-c5c(C(=O)O)c(C(F)(F)F)n(C)c5-c5ccc(Cl)cc5)c4)CC3)cc2)cc1[N+](=O)[O-]. The summed E-state index contributed by atoms with van der Waals surface area (Å²) in [5.74, 6) is -0.924. The minimum Gasteiger partial charge on any atom is -0.478 e. The van der Waals surface area contributed by atoms with E-state index in [1.165, 1.54) is 19.0 Å². The number of aromatic carboxylic acids is 1. The number of hydrogen-bond acceptors (Lipinski definition) is 9. The zero-order valence-corrected chi connectivity index (χ0v) is 34.8. The van der Waals surface area contributed by atoms with E-state index in [1.807, 2.05) is 73.7 Å². The van der Waals surface area contributed by atoms with E-state index in [2.05, 4.69) is 19.8 Å². The van der Waals surface area contributed by atoms with Gasteiger partial charge in [-0.15, -0.1) is 11.8 Å². The van der Waals surface area contributed by atoms with Crippen LogP contribution in [0.1, 0.15) is 23.0 Å². The molecule has 3 N–H and O–H groups in total. The molecule has 0 amide bonds. The number of carbonyl (C=O) groups is 1. The van der Waals surface area contributed by atoms with Crippen molar-refractivity contribution < 1.29 is 28.0 Å². The van der Waals surface area contributed by atoms with Crippen LogP contribution in [0.5, 0.6) is 0 Å². The van der Waals surface area contributed by atoms with Gasteiger partial charge in [-0.3, -0.25) is 10.1 Å². The highest BCUT2D eigenvalue weighted by molar-refractivity contribution is 8.00. The van der Waals surface area contributed by atoms with Gasteiger partial charge < -0.3 is 29.5 Å². The van der Waals surface area contributed by atoms with E-state index in [-0.39, 0.29) is 27.9 Å². The Morgan fingerprint density at radius 1 is 0.850 bits per heavy atom. The molecule has 1 aliphatic rings. The van der Waals surface area contributed by atoms with Crippen LogP contribution in [-0.4, -0.2) is 58.5 Å². The smallest absolute Gasteiger partial charge is 0.432 e. The van der Waals surface area contributed by atoms with Crippen molar-refractivity contribution in [2.24, 2.45) is 7.05 Å². The Morgan fingerprint density at radius 3 is 2.15 bits per heavy atom. The largest absolute Gasteiger partial charge is 0.478 e. The van der Waals surface area contributed by atoms with Crippen LogP contribution in [0.25, 0.3) is 22.4 Å². The monoisotopic (exact) mass is 872 g/mol. The summed E-state index contributed by atoms with van der Waals surface area (Å²) in [6, 6.07) is 36.3. The standard InChI is InChI=1S/C44H40ClF3N6O4S2/c1-28(27-59-35-9-4-3-5-10-35)49-37-20-19-36(26-38(37)54(57)58)60-50-32-15-17-33(18-16-32)52-21-23-53(24-22-52)34-8-6-7-30(25-34)39-40(43(55)56)42(44(46,47)48)51(2)41(39)29-11-13-31(45)14-12-29/h3-20,25-26,28,49-50H,21-24,27H2,1-2H3,(H,55,56)/t28-/m1/s1. The number of anilines is 4. The normalized spacial score (nSPS) is 13.6. The van der Waals surface area contributed by atoms with Crippen molar-refractivity contribution in [3.8, 4) is 22.4 Å². The van der Waals surface area contributed by atoms with E-state index in [1.54, 1.807) is 66.4 Å². The number of aromatic nitrogens is 1. The molecule has 0 spiro atoms. The fraction of sp³-hybridized carbons (Fsp3) is 0.205. The van der Waals surface area contributed by atoms with Crippen LogP contribution >= 0.6 is 35.3 Å². The van der Waals surface area contributed by atoms with Crippen LogP contribution < -0.4 is 19.8 Å². The molecule has 2 heterocycles. The third-order valence-corrected chi connectivity index (χ3v) is 12.5. The first-order chi connectivity index (χ1) is 28.8. The summed E-state index contributed by atoms with van der Waals surface area (Å²) in [4.78, 5) is 30.3. The summed E-state index contributed by atoms with van der Waals surface area (Å²) in [7, 11) is 1.23. The van der Waals surface area contributed by atoms with E-state index < -0.39 is 23.4 Å². The number of nitro benzene ring substituents is 1. The third kappa shape index (κ3) is 9.64. The molecule has 1 atom stereocenters. The van der Waals surface area contributed by atoms with Crippen molar-refractivity contribution in [2.75, 3.05) is 51.8 Å². The minimum absolute atomic E-state index is 0.0000801. The van der Waals surface area contributed by atoms with Gasteiger partial charge in [0.05, 0.1) is 16.2 Å². The molecule has 0 radical (unpaired) electrons. The van der Waals surface area contributed by atoms with Crippen LogP contribution in [0, 0.1) is 10.1 Å². The highest BCUT2D eigenvalue weighted by atomic mass is 35.5. The zero-order chi connectivity index (χ0) is 42.6. The molecule has 10 nitrogen and oxygen atoms in total. The van der Waals surface area contributed by atoms with Crippen molar-refractivity contribution in [1.29, 1.82) is 0 Å². The molecular weight excluding hydrogens is 833 g/mol. The maximum absolute atomic E-state index is 14.4. The predicted molar refractivity (Wildman–Crippen MR) is 237 cm³/mol. The molecule has 7 rings (SSSR count). The van der Waals surface area contributed by atoms with E-state index >= 15 is 0 Å². The molecule has 16 heteroatoms. The molecule has 1 fully saturated rings. The number of piperazine rings is 1. The maximum Gasteiger partial charge on any atom is 0.432 e. The number of benzene rings is 5. The predicted octanol–water partition coefficient (Wildman–Crippen LogP) is 11.7. The van der Waals surface area contributed by atoms with Crippen LogP contribution in [0.2, 0.25) is 5.02 Å². The lowest BCUT2D eigenvalue weighted by atomic mass is 9.96. The topological polar surface area (TPSA) is 116 Å². The van der Waals surface area contributed by atoms with Gasteiger partial charge in [-0.25, -0.2) is 4.79 Å². The second kappa shape index (κ2) is 18.2. The van der Waals surface area contributed by atoms with Gasteiger partial charge in [-0.05, 0) is 103 Å². The number of nitro groups is 1. The van der Waals surface area contributed by atoms with E-state index in [9.17, 15) is 33.2 Å². The molecule has 310 valence electrons. The first kappa shape index (κ1) is 42.4. The lowest BCUT2D eigenvalue weighted by Crippen LogP contribution is -2.46. The molecule has 0 saturated carbocycles. The third-order valence-electron chi connectivity index (χ3n) is 10.1. The quantitative estimate of drug-likeness (QED) is 0.0423. The highest BCUT2D eigenvalue weighted by Gasteiger charge is 2.43. The maximum atomic E-state index is 14.4. The summed E-state index contributed by atoms with van der Waals surface area (Å²) in [6.07, 6.45) is -4.92. The van der Waals surface area contributed by atoms with Crippen molar-refractivity contribution in [2.45, 2.75) is 28.9 Å². The number of rotatable bonds is 14. The summed E-state index contributed by atoms with van der Waals surface area (Å²) in [5, 5.41) is 25.8. The Labute approximate surface area is 358 Å². The summed E-state index contributed by atoms with van der Waals surface area (Å²) in [6.45, 7) is 4.56. The van der Waals surface area contributed by atoms with Gasteiger partial charge in [0.2, 0.25) is 0 Å². The Bertz CT molecular complexity index is 2480. The second-order valence-electron chi connectivity index (χ2n) is 14.2. The van der Waals surface area contributed by atoms with Crippen molar-refractivity contribution >= 4 is 69.7 Å². The van der Waals surface area contributed by atoms with Crippen LogP contribution in [0.3, 0.4) is 0 Å². The van der Waals surface area contributed by atoms with Crippen LogP contribution in [0.4, 0.5) is 41.6 Å². The number of halogens is 4. The van der Waals surface area contributed by atoms with Crippen molar-refractivity contribution in [1.82, 2.24) is 4.57 Å². The van der Waals surface area contributed by atoms with Crippen molar-refractivity contribution in [3.05, 3.63) is 148 Å². The average molecular weight is 873 g/mol. The molecule has 5 aromatic carbocycles. The number of hydrogen-bond donors (Lipinski definition) is 3. The number of carboxylic acids is 1. The fourth-order valence-corrected chi connectivity index (χ4v) is 8.96. The zero-order valence-electron chi connectivity index (χ0n) is 32.4. The van der Waals surface area contributed by atoms with Gasteiger partial charge in [-0.2, -0.15) is 13.2 Å². The lowest BCUT2D eigenvalue weighted by molar-refractivity contribution is -0.384. The molecule has 1 saturated heterocycles. The summed E-state index contributed by atoms with van der Waals surface area (Å²) < 4.78 is 47.5. The Balaban J connectivity index is 0.994. The van der Waals surface area contributed by atoms with E-state index in [0.29, 0.717) is 52.9 Å². The number of nitrogens with one attached hydrogen (secondary N) is 2. The molecular formula is C44H40ClF3N6O4S2. The molecule has 60 heavy (non-hydrogen) atoms. The molecule has 0 bridgehead atoms. The fourth-order valence-electron chi connectivity index (χ4n) is 7.28. The van der Waals surface area contributed by atoms with Gasteiger partial charge in [-0.1, -0.05) is 54.1 Å². The molecule has 1 aromatic heterocycles. The van der Waals surface area contributed by atoms with E-state index in [0.717, 1.165) is 32.3 Å². The number of alkyl halides is 3. The number of thioether (sulfide) groups is 1. The highest BCUT2D eigenvalue weighted by Crippen LogP contribution is 2.45. The second-order valence-corrected chi connectivity index (χ2v) is 16.6. The minimum atomic E-state index is -4.92. The van der Waals surface area contributed by atoms with Crippen LogP contribution in [-0.2, 0) is 13.2 Å². The Hall–Kier alpha value is -5.77. The molecule has 0 aliphatic carbocycles. The lowest BCUT2D eigenvalue weighted by Gasteiger charge is -2.37. The summed E-state index contributed by atoms with van der Waals surface area (Å²) in [5.41, 5.74) is 1.89. The van der Waals surface area contributed by atoms with Gasteiger partial charge in [0.1, 0.15) is 11.4 Å². The van der Waals surface area contributed by atoms with E-state index in [4.69, 9.17) is 11.6 Å².